The topological polar surface area (TPSA) is 27.7 Å². The molecule has 0 aliphatic rings. The molecule has 5 heteroatoms. The average Bonchev–Trinajstić information content (AvgIpc) is 2.99. The van der Waals surface area contributed by atoms with Crippen molar-refractivity contribution in [1.29, 1.82) is 0 Å². The molecule has 0 fully saturated rings. The van der Waals surface area contributed by atoms with Gasteiger partial charge in [-0.15, -0.1) is 0 Å². The quantitative estimate of drug-likeness (QED) is 0.0288. The smallest absolute Gasteiger partial charge is 0.160 e. The summed E-state index contributed by atoms with van der Waals surface area (Å²) < 4.78 is 17.2. The van der Waals surface area contributed by atoms with E-state index < -0.39 is 0 Å². The molecular weight excluding hydrogens is 640 g/mol. The summed E-state index contributed by atoms with van der Waals surface area (Å²) in [5.41, 5.74) is 0. The molecule has 3 nitrogen and oxygen atoms in total. The molecule has 0 saturated heterocycles. The number of rotatable bonds is 34. The predicted octanol–water partition coefficient (Wildman–Crippen LogP) is 13.0. The van der Waals surface area contributed by atoms with Crippen molar-refractivity contribution in [3.05, 3.63) is 24.3 Å². The van der Waals surface area contributed by atoms with Crippen molar-refractivity contribution >= 4 is 31.9 Å². The van der Waals surface area contributed by atoms with Gasteiger partial charge in [-0.05, 0) is 51.4 Å². The molecule has 2 unspecified atom stereocenters. The van der Waals surface area contributed by atoms with Crippen molar-refractivity contribution in [2.75, 3.05) is 24.9 Å². The number of ether oxygens (including phenoxy) is 3. The number of halogens is 2. The van der Waals surface area contributed by atoms with E-state index >= 15 is 0 Å². The van der Waals surface area contributed by atoms with Crippen LogP contribution < -0.4 is 0 Å². The van der Waals surface area contributed by atoms with Gasteiger partial charge in [-0.2, -0.15) is 0 Å². The normalized spacial score (nSPS) is 13.6. The van der Waals surface area contributed by atoms with Crippen LogP contribution in [0.25, 0.3) is 0 Å². The van der Waals surface area contributed by atoms with Gasteiger partial charge in [-0.3, -0.25) is 0 Å². The van der Waals surface area contributed by atoms with Gasteiger partial charge in [0.05, 0.1) is 0 Å². The molecule has 0 aromatic rings. The van der Waals surface area contributed by atoms with Crippen LogP contribution in [0, 0.1) is 0 Å². The molecule has 0 N–H and O–H groups in total. The summed E-state index contributed by atoms with van der Waals surface area (Å²) >= 11 is 7.02. The third-order valence-corrected chi connectivity index (χ3v) is 8.93. The molecule has 0 aromatic heterocycles. The Morgan fingerprint density at radius 1 is 0.390 bits per heavy atom. The molecule has 0 saturated carbocycles. The molecule has 0 heterocycles. The van der Waals surface area contributed by atoms with Crippen LogP contribution in [-0.4, -0.2) is 37.5 Å². The van der Waals surface area contributed by atoms with Gasteiger partial charge < -0.3 is 14.2 Å². The minimum Gasteiger partial charge on any atom is -0.356 e. The fourth-order valence-corrected chi connectivity index (χ4v) is 5.92. The van der Waals surface area contributed by atoms with Gasteiger partial charge in [0.25, 0.3) is 0 Å². The molecule has 0 radical (unpaired) electrons. The van der Waals surface area contributed by atoms with Crippen LogP contribution in [0.2, 0.25) is 0 Å². The zero-order chi connectivity index (χ0) is 29.9. The molecule has 2 atom stereocenters. The minimum absolute atomic E-state index is 0.206. The van der Waals surface area contributed by atoms with Gasteiger partial charge in [-0.25, -0.2) is 0 Å². The maximum Gasteiger partial charge on any atom is 0.160 e. The Labute approximate surface area is 273 Å². The Kier molecular flexibility index (Phi) is 36.8. The van der Waals surface area contributed by atoms with Gasteiger partial charge in [0.1, 0.15) is 0 Å². The van der Waals surface area contributed by atoms with Crippen LogP contribution in [0.15, 0.2) is 24.3 Å². The largest absolute Gasteiger partial charge is 0.356 e. The van der Waals surface area contributed by atoms with Gasteiger partial charge in [0.2, 0.25) is 0 Å². The molecule has 0 rings (SSSR count). The summed E-state index contributed by atoms with van der Waals surface area (Å²) in [4.78, 5) is 0. The van der Waals surface area contributed by atoms with E-state index in [1.54, 1.807) is 14.2 Å². The summed E-state index contributed by atoms with van der Waals surface area (Å²) in [6.45, 7) is 0. The van der Waals surface area contributed by atoms with E-state index in [1.807, 2.05) is 0 Å². The van der Waals surface area contributed by atoms with E-state index in [0.29, 0.717) is 0 Å². The Hall–Kier alpha value is 0.320. The van der Waals surface area contributed by atoms with Gasteiger partial charge in [-0.1, -0.05) is 159 Å². The zero-order valence-electron chi connectivity index (χ0n) is 27.2. The van der Waals surface area contributed by atoms with Gasteiger partial charge >= 0.3 is 0 Å². The first-order valence-electron chi connectivity index (χ1n) is 17.4. The Bertz CT molecular complexity index is 495. The van der Waals surface area contributed by atoms with Crippen molar-refractivity contribution in [1.82, 2.24) is 0 Å². The molecule has 0 bridgehead atoms. The van der Waals surface area contributed by atoms with Crippen molar-refractivity contribution in [3.8, 4) is 0 Å². The third kappa shape index (κ3) is 33.1. The summed E-state index contributed by atoms with van der Waals surface area (Å²) in [5.74, 6) is 0. The Balaban J connectivity index is 3.64. The van der Waals surface area contributed by atoms with Crippen molar-refractivity contribution in [2.24, 2.45) is 0 Å². The van der Waals surface area contributed by atoms with Crippen molar-refractivity contribution < 1.29 is 14.2 Å². The minimum atomic E-state index is -0.206. The summed E-state index contributed by atoms with van der Waals surface area (Å²) in [6.07, 6.45) is 42.6. The first-order valence-corrected chi connectivity index (χ1v) is 19.7. The van der Waals surface area contributed by atoms with E-state index in [1.165, 1.54) is 141 Å². The lowest BCUT2D eigenvalue weighted by Crippen LogP contribution is -2.25. The predicted molar refractivity (Wildman–Crippen MR) is 189 cm³/mol. The number of methoxy groups -OCH3 is 2. The molecule has 0 aromatic carbocycles. The molecule has 0 aliphatic heterocycles. The highest BCUT2D eigenvalue weighted by Gasteiger charge is 2.14. The van der Waals surface area contributed by atoms with Crippen molar-refractivity contribution in [2.45, 2.75) is 180 Å². The fourth-order valence-electron chi connectivity index (χ4n) is 5.13. The maximum absolute atomic E-state index is 6.07. The summed E-state index contributed by atoms with van der Waals surface area (Å²) in [6, 6.07) is 0. The molecule has 0 spiro atoms. The lowest BCUT2D eigenvalue weighted by atomic mass is 10.1. The van der Waals surface area contributed by atoms with E-state index in [2.05, 4.69) is 56.2 Å². The second-order valence-corrected chi connectivity index (χ2v) is 13.2. The SMILES string of the molecule is COC(CCC=CCCCCCCCCCCCCBr)OC(CCC=CCCCCCCCCCCCCBr)OC. The number of unbranched alkanes of at least 4 members (excludes halogenated alkanes) is 20. The van der Waals surface area contributed by atoms with Crippen LogP contribution in [0.4, 0.5) is 0 Å². The number of alkyl halides is 2. The number of hydrogen-bond donors (Lipinski definition) is 0. The lowest BCUT2D eigenvalue weighted by molar-refractivity contribution is -0.232. The average molecular weight is 709 g/mol. The van der Waals surface area contributed by atoms with E-state index in [4.69, 9.17) is 14.2 Å². The Morgan fingerprint density at radius 3 is 0.951 bits per heavy atom. The zero-order valence-corrected chi connectivity index (χ0v) is 30.4. The van der Waals surface area contributed by atoms with Crippen LogP contribution in [0.3, 0.4) is 0 Å². The summed E-state index contributed by atoms with van der Waals surface area (Å²) in [7, 11) is 3.47. The molecule has 0 amide bonds. The van der Waals surface area contributed by atoms with Gasteiger partial charge in [0.15, 0.2) is 12.6 Å². The van der Waals surface area contributed by atoms with Gasteiger partial charge in [0, 0.05) is 37.7 Å². The highest BCUT2D eigenvalue weighted by Crippen LogP contribution is 2.15. The standard InChI is InChI=1S/C36H68Br2O3/c1-39-35(31-27-23-19-15-11-7-3-5-9-13-17-21-25-29-33-37)41-36(40-2)32-28-24-20-16-12-8-4-6-10-14-18-22-26-30-34-38/h19-20,23-24,35-36H,3-18,21-22,25-34H2,1-2H3. The first-order chi connectivity index (χ1) is 20.3. The molecule has 41 heavy (non-hydrogen) atoms. The molecule has 244 valence electrons. The molecular formula is C36H68Br2O3. The van der Waals surface area contributed by atoms with Crippen molar-refractivity contribution in [3.63, 3.8) is 0 Å². The van der Waals surface area contributed by atoms with E-state index in [9.17, 15) is 0 Å². The maximum atomic E-state index is 6.07. The second kappa shape index (κ2) is 36.5. The summed E-state index contributed by atoms with van der Waals surface area (Å²) in [5, 5.41) is 2.32. The highest BCUT2D eigenvalue weighted by atomic mass is 79.9. The Morgan fingerprint density at radius 2 is 0.659 bits per heavy atom. The fraction of sp³-hybridized carbons (Fsp3) is 0.889. The monoisotopic (exact) mass is 706 g/mol. The third-order valence-electron chi connectivity index (χ3n) is 7.81. The van der Waals surface area contributed by atoms with Crippen LogP contribution in [0.5, 0.6) is 0 Å². The lowest BCUT2D eigenvalue weighted by Gasteiger charge is -2.22. The first kappa shape index (κ1) is 41.3. The van der Waals surface area contributed by atoms with E-state index in [0.717, 1.165) is 36.3 Å². The second-order valence-electron chi connectivity index (χ2n) is 11.6. The van der Waals surface area contributed by atoms with Crippen LogP contribution in [-0.2, 0) is 14.2 Å². The highest BCUT2D eigenvalue weighted by molar-refractivity contribution is 9.09. The number of allylic oxidation sites excluding steroid dienone is 4. The van der Waals surface area contributed by atoms with E-state index in [-0.39, 0.29) is 12.6 Å². The molecule has 0 aliphatic carbocycles. The van der Waals surface area contributed by atoms with Crippen LogP contribution >= 0.6 is 31.9 Å². The number of hydrogen-bond acceptors (Lipinski definition) is 3. The van der Waals surface area contributed by atoms with Crippen LogP contribution in [0.1, 0.15) is 167 Å².